The van der Waals surface area contributed by atoms with E-state index in [1.165, 1.54) is 27.8 Å². The van der Waals surface area contributed by atoms with Gasteiger partial charge in [0.05, 0.1) is 0 Å². The van der Waals surface area contributed by atoms with Gasteiger partial charge in [-0.25, -0.2) is 0 Å². The van der Waals surface area contributed by atoms with Crippen molar-refractivity contribution in [3.8, 4) is 0 Å². The number of aliphatic hydroxyl groups excluding tert-OH is 1. The first-order chi connectivity index (χ1) is 7.57. The van der Waals surface area contributed by atoms with Crippen LogP contribution < -0.4 is 5.32 Å². The van der Waals surface area contributed by atoms with Gasteiger partial charge in [0.2, 0.25) is 0 Å². The van der Waals surface area contributed by atoms with Gasteiger partial charge in [0.25, 0.3) is 0 Å². The molecule has 0 amide bonds. The summed E-state index contributed by atoms with van der Waals surface area (Å²) in [6, 6.07) is 2.25. The number of rotatable bonds is 5. The maximum absolute atomic E-state index is 8.72. The second kappa shape index (κ2) is 6.02. The maximum atomic E-state index is 8.72. The summed E-state index contributed by atoms with van der Waals surface area (Å²) < 4.78 is 0. The van der Waals surface area contributed by atoms with Crippen LogP contribution in [0.3, 0.4) is 0 Å². The highest BCUT2D eigenvalue weighted by Crippen LogP contribution is 2.21. The zero-order chi connectivity index (χ0) is 12.1. The highest BCUT2D eigenvalue weighted by Gasteiger charge is 2.07. The lowest BCUT2D eigenvalue weighted by molar-refractivity contribution is 0.286. The molecule has 2 N–H and O–H groups in total. The zero-order valence-corrected chi connectivity index (χ0v) is 10.9. The molecule has 0 saturated heterocycles. The number of benzene rings is 1. The van der Waals surface area contributed by atoms with Crippen molar-refractivity contribution in [2.75, 3.05) is 13.2 Å². The minimum absolute atomic E-state index is 0.262. The third kappa shape index (κ3) is 3.06. The summed E-state index contributed by atoms with van der Waals surface area (Å²) in [4.78, 5) is 0. The number of hydrogen-bond donors (Lipinski definition) is 2. The monoisotopic (exact) mass is 221 g/mol. The highest BCUT2D eigenvalue weighted by atomic mass is 16.3. The fraction of sp³-hybridized carbons (Fsp3) is 0.571. The van der Waals surface area contributed by atoms with Crippen molar-refractivity contribution < 1.29 is 5.11 Å². The molecule has 0 aliphatic heterocycles. The topological polar surface area (TPSA) is 32.3 Å². The second-order valence-electron chi connectivity index (χ2n) is 4.49. The van der Waals surface area contributed by atoms with Crippen molar-refractivity contribution in [2.45, 2.75) is 40.7 Å². The highest BCUT2D eigenvalue weighted by molar-refractivity contribution is 5.43. The first-order valence-corrected chi connectivity index (χ1v) is 5.95. The molecule has 0 radical (unpaired) electrons. The van der Waals surface area contributed by atoms with Gasteiger partial charge in [-0.15, -0.1) is 0 Å². The van der Waals surface area contributed by atoms with E-state index in [0.717, 1.165) is 19.5 Å². The number of aliphatic hydroxyl groups is 1. The molecule has 2 heteroatoms. The third-order valence-corrected chi connectivity index (χ3v) is 3.33. The largest absolute Gasteiger partial charge is 0.396 e. The molecule has 0 bridgehead atoms. The summed E-state index contributed by atoms with van der Waals surface area (Å²) in [6.45, 7) is 10.7. The summed E-state index contributed by atoms with van der Waals surface area (Å²) in [7, 11) is 0. The van der Waals surface area contributed by atoms with Crippen molar-refractivity contribution in [3.63, 3.8) is 0 Å². The van der Waals surface area contributed by atoms with Gasteiger partial charge in [-0.2, -0.15) is 0 Å². The van der Waals surface area contributed by atoms with Gasteiger partial charge in [-0.3, -0.25) is 0 Å². The lowest BCUT2D eigenvalue weighted by Gasteiger charge is -2.15. The Balaban J connectivity index is 2.78. The second-order valence-corrected chi connectivity index (χ2v) is 4.49. The molecule has 1 rings (SSSR count). The van der Waals surface area contributed by atoms with E-state index in [1.807, 2.05) is 0 Å². The normalized spacial score (nSPS) is 10.8. The van der Waals surface area contributed by atoms with Crippen molar-refractivity contribution in [3.05, 3.63) is 33.9 Å². The van der Waals surface area contributed by atoms with E-state index in [2.05, 4.69) is 39.1 Å². The van der Waals surface area contributed by atoms with Crippen LogP contribution in [0.15, 0.2) is 6.07 Å². The van der Waals surface area contributed by atoms with Gasteiger partial charge in [0.15, 0.2) is 0 Å². The van der Waals surface area contributed by atoms with Crippen LogP contribution in [0.5, 0.6) is 0 Å². The minimum Gasteiger partial charge on any atom is -0.396 e. The van der Waals surface area contributed by atoms with Crippen molar-refractivity contribution in [1.29, 1.82) is 0 Å². The van der Waals surface area contributed by atoms with Gasteiger partial charge in [-0.05, 0) is 68.5 Å². The number of nitrogens with one attached hydrogen (secondary N) is 1. The molecule has 0 fully saturated rings. The fourth-order valence-corrected chi connectivity index (χ4v) is 1.98. The van der Waals surface area contributed by atoms with Crippen LogP contribution in [0.4, 0.5) is 0 Å². The summed E-state index contributed by atoms with van der Waals surface area (Å²) in [5.41, 5.74) is 6.92. The van der Waals surface area contributed by atoms with E-state index >= 15 is 0 Å². The lowest BCUT2D eigenvalue weighted by atomic mass is 9.94. The number of aryl methyl sites for hydroxylation is 2. The summed E-state index contributed by atoms with van der Waals surface area (Å²) in [5.74, 6) is 0. The molecule has 0 saturated carbocycles. The molecule has 0 heterocycles. The van der Waals surface area contributed by atoms with Crippen molar-refractivity contribution in [2.24, 2.45) is 0 Å². The molecule has 16 heavy (non-hydrogen) atoms. The van der Waals surface area contributed by atoms with Gasteiger partial charge in [0.1, 0.15) is 0 Å². The van der Waals surface area contributed by atoms with Crippen LogP contribution in [0.25, 0.3) is 0 Å². The molecule has 1 aromatic rings. The Morgan fingerprint density at radius 1 is 1.06 bits per heavy atom. The van der Waals surface area contributed by atoms with Crippen molar-refractivity contribution in [1.82, 2.24) is 5.32 Å². The smallest absolute Gasteiger partial charge is 0.0443 e. The van der Waals surface area contributed by atoms with Crippen LogP contribution in [0.1, 0.15) is 34.2 Å². The molecule has 0 unspecified atom stereocenters. The standard InChI is InChI=1S/C14H23NO/c1-10-8-11(2)13(4)14(12(10)3)9-15-6-5-7-16/h8,15-16H,5-7,9H2,1-4H3. The molecule has 0 aliphatic carbocycles. The third-order valence-electron chi connectivity index (χ3n) is 3.33. The molecule has 90 valence electrons. The van der Waals surface area contributed by atoms with Gasteiger partial charge < -0.3 is 10.4 Å². The van der Waals surface area contributed by atoms with Gasteiger partial charge >= 0.3 is 0 Å². The van der Waals surface area contributed by atoms with Crippen LogP contribution >= 0.6 is 0 Å². The number of hydrogen-bond acceptors (Lipinski definition) is 2. The van der Waals surface area contributed by atoms with Crippen molar-refractivity contribution >= 4 is 0 Å². The van der Waals surface area contributed by atoms with Crippen LogP contribution in [0, 0.1) is 27.7 Å². The average Bonchev–Trinajstić information content (AvgIpc) is 2.25. The van der Waals surface area contributed by atoms with E-state index in [0.29, 0.717) is 0 Å². The van der Waals surface area contributed by atoms with Crippen LogP contribution in [-0.2, 0) is 6.54 Å². The molecule has 0 aromatic heterocycles. The van der Waals surface area contributed by atoms with E-state index in [-0.39, 0.29) is 6.61 Å². The molecular formula is C14H23NO. The Bertz CT molecular complexity index is 332. The molecule has 2 nitrogen and oxygen atoms in total. The Labute approximate surface area is 98.7 Å². The minimum atomic E-state index is 0.262. The van der Waals surface area contributed by atoms with Gasteiger partial charge in [0, 0.05) is 13.2 Å². The average molecular weight is 221 g/mol. The Morgan fingerprint density at radius 2 is 1.62 bits per heavy atom. The molecule has 0 atom stereocenters. The molecule has 1 aromatic carbocycles. The maximum Gasteiger partial charge on any atom is 0.0443 e. The first-order valence-electron chi connectivity index (χ1n) is 5.95. The van der Waals surface area contributed by atoms with E-state index in [4.69, 9.17) is 5.11 Å². The molecule has 0 spiro atoms. The Kier molecular flexibility index (Phi) is 4.97. The Hall–Kier alpha value is -0.860. The molecule has 0 aliphatic rings. The fourth-order valence-electron chi connectivity index (χ4n) is 1.98. The Morgan fingerprint density at radius 3 is 2.12 bits per heavy atom. The van der Waals surface area contributed by atoms with Crippen LogP contribution in [0.2, 0.25) is 0 Å². The quantitative estimate of drug-likeness (QED) is 0.748. The van der Waals surface area contributed by atoms with E-state index < -0.39 is 0 Å². The predicted octanol–water partition coefficient (Wildman–Crippen LogP) is 2.39. The van der Waals surface area contributed by atoms with Gasteiger partial charge in [-0.1, -0.05) is 6.07 Å². The van der Waals surface area contributed by atoms with Crippen LogP contribution in [-0.4, -0.2) is 18.3 Å². The lowest BCUT2D eigenvalue weighted by Crippen LogP contribution is -2.17. The summed E-state index contributed by atoms with van der Waals surface area (Å²) in [5, 5.41) is 12.1. The zero-order valence-electron chi connectivity index (χ0n) is 10.9. The SMILES string of the molecule is Cc1cc(C)c(C)c(CNCCCO)c1C. The predicted molar refractivity (Wildman–Crippen MR) is 68.8 cm³/mol. The first kappa shape index (κ1) is 13.2. The molecular weight excluding hydrogens is 198 g/mol. The van der Waals surface area contributed by atoms with E-state index in [9.17, 15) is 0 Å². The summed E-state index contributed by atoms with van der Waals surface area (Å²) in [6.07, 6.45) is 0.822. The van der Waals surface area contributed by atoms with E-state index in [1.54, 1.807) is 0 Å². The summed E-state index contributed by atoms with van der Waals surface area (Å²) >= 11 is 0.